The van der Waals surface area contributed by atoms with Crippen molar-refractivity contribution in [2.75, 3.05) is 0 Å². The van der Waals surface area contributed by atoms with E-state index < -0.39 is 30.4 Å². The van der Waals surface area contributed by atoms with Gasteiger partial charge >= 0.3 is 0 Å². The van der Waals surface area contributed by atoms with Gasteiger partial charge in [0.25, 0.3) is 0 Å². The SMILES string of the molecule is CC(C)c1nc(-c2c(P(=O)(c3cc(F)cc(F)c3)c3cc(F)cc(F)c3)ccc3ccccc23)c2ccccc2n1. The maximum absolute atomic E-state index is 15.5. The first-order valence-electron chi connectivity index (χ1n) is 13.0. The molecule has 0 aliphatic carbocycles. The third-order valence-electron chi connectivity index (χ3n) is 7.04. The van der Waals surface area contributed by atoms with E-state index in [4.69, 9.17) is 9.97 Å². The van der Waals surface area contributed by atoms with Crippen molar-refractivity contribution in [1.29, 1.82) is 0 Å². The van der Waals surface area contributed by atoms with Crippen molar-refractivity contribution in [3.63, 3.8) is 0 Å². The van der Waals surface area contributed by atoms with Crippen molar-refractivity contribution < 1.29 is 22.1 Å². The number of hydrogen-bond donors (Lipinski definition) is 0. The summed E-state index contributed by atoms with van der Waals surface area (Å²) >= 11 is 0. The summed E-state index contributed by atoms with van der Waals surface area (Å²) < 4.78 is 74.1. The van der Waals surface area contributed by atoms with Crippen molar-refractivity contribution in [3.05, 3.63) is 126 Å². The predicted molar refractivity (Wildman–Crippen MR) is 156 cm³/mol. The Balaban J connectivity index is 1.83. The number of benzene rings is 5. The molecule has 3 nitrogen and oxygen atoms in total. The van der Waals surface area contributed by atoms with Crippen LogP contribution >= 0.6 is 7.14 Å². The molecule has 0 N–H and O–H groups in total. The first kappa shape index (κ1) is 26.9. The van der Waals surface area contributed by atoms with Crippen LogP contribution < -0.4 is 15.9 Å². The average molecular weight is 571 g/mol. The lowest BCUT2D eigenvalue weighted by Crippen LogP contribution is -2.28. The molecule has 204 valence electrons. The van der Waals surface area contributed by atoms with Gasteiger partial charge in [0, 0.05) is 44.9 Å². The van der Waals surface area contributed by atoms with Crippen LogP contribution in [0.3, 0.4) is 0 Å². The highest BCUT2D eigenvalue weighted by molar-refractivity contribution is 7.85. The first-order valence-corrected chi connectivity index (χ1v) is 14.7. The van der Waals surface area contributed by atoms with E-state index in [1.54, 1.807) is 12.1 Å². The van der Waals surface area contributed by atoms with E-state index in [-0.39, 0.29) is 21.8 Å². The quantitative estimate of drug-likeness (QED) is 0.157. The van der Waals surface area contributed by atoms with Gasteiger partial charge in [0.05, 0.1) is 11.2 Å². The molecule has 0 aliphatic heterocycles. The molecule has 0 fully saturated rings. The second kappa shape index (κ2) is 10.2. The molecular formula is C33H23F4N2OP. The van der Waals surface area contributed by atoms with Gasteiger partial charge in [-0.1, -0.05) is 62.4 Å². The number of hydrogen-bond acceptors (Lipinski definition) is 3. The number of nitrogens with zero attached hydrogens (tertiary/aromatic N) is 2. The standard InChI is InChI=1S/C33H23F4N2OP/c1-19(2)33-38-29-10-6-5-9-28(29)32(39-33)31-27-8-4-3-7-20(27)11-12-30(31)41(40,25-15-21(34)13-22(35)16-25)26-17-23(36)14-24(37)18-26/h3-19H,1-2H3. The smallest absolute Gasteiger partial charge is 0.172 e. The maximum Gasteiger partial charge on any atom is 0.172 e. The summed E-state index contributed by atoms with van der Waals surface area (Å²) in [4.78, 5) is 9.64. The third kappa shape index (κ3) is 4.70. The Kier molecular flexibility index (Phi) is 6.71. The second-order valence-corrected chi connectivity index (χ2v) is 12.9. The van der Waals surface area contributed by atoms with E-state index in [1.807, 2.05) is 62.4 Å². The zero-order valence-corrected chi connectivity index (χ0v) is 23.0. The van der Waals surface area contributed by atoms with Crippen LogP contribution in [0.25, 0.3) is 32.9 Å². The predicted octanol–water partition coefficient (Wildman–Crippen LogP) is 7.77. The van der Waals surface area contributed by atoms with Gasteiger partial charge in [-0.15, -0.1) is 0 Å². The Morgan fingerprint density at radius 3 is 1.76 bits per heavy atom. The summed E-state index contributed by atoms with van der Waals surface area (Å²) in [6.07, 6.45) is 0. The number of aromatic nitrogens is 2. The van der Waals surface area contributed by atoms with Crippen LogP contribution in [-0.2, 0) is 4.57 Å². The van der Waals surface area contributed by atoms with E-state index in [1.165, 1.54) is 0 Å². The molecule has 41 heavy (non-hydrogen) atoms. The lowest BCUT2D eigenvalue weighted by atomic mass is 9.98. The Labute approximate surface area is 233 Å². The lowest BCUT2D eigenvalue weighted by molar-refractivity contribution is 0.578. The minimum atomic E-state index is -4.33. The molecule has 6 aromatic rings. The Hall–Kier alpha value is -4.35. The molecule has 0 bridgehead atoms. The van der Waals surface area contributed by atoms with E-state index >= 15 is 4.57 Å². The molecule has 0 saturated carbocycles. The fourth-order valence-electron chi connectivity index (χ4n) is 5.18. The molecule has 0 saturated heterocycles. The minimum absolute atomic E-state index is 0.0572. The van der Waals surface area contributed by atoms with Crippen molar-refractivity contribution in [3.8, 4) is 11.3 Å². The van der Waals surface area contributed by atoms with Crippen molar-refractivity contribution in [2.45, 2.75) is 19.8 Å². The van der Waals surface area contributed by atoms with Crippen LogP contribution in [0.15, 0.2) is 97.1 Å². The largest absolute Gasteiger partial charge is 0.309 e. The van der Waals surface area contributed by atoms with E-state index in [0.717, 1.165) is 29.7 Å². The normalized spacial score (nSPS) is 12.0. The van der Waals surface area contributed by atoms with Crippen molar-refractivity contribution in [1.82, 2.24) is 9.97 Å². The zero-order valence-electron chi connectivity index (χ0n) is 22.1. The summed E-state index contributed by atoms with van der Waals surface area (Å²) in [5.41, 5.74) is 1.55. The molecule has 0 spiro atoms. The van der Waals surface area contributed by atoms with Crippen molar-refractivity contribution >= 4 is 44.7 Å². The summed E-state index contributed by atoms with van der Waals surface area (Å²) in [6, 6.07) is 23.2. The summed E-state index contributed by atoms with van der Waals surface area (Å²) in [5, 5.41) is 1.79. The van der Waals surface area contributed by atoms with E-state index in [2.05, 4.69) is 0 Å². The first-order chi connectivity index (χ1) is 19.6. The van der Waals surface area contributed by atoms with E-state index in [0.29, 0.717) is 45.5 Å². The van der Waals surface area contributed by atoms with Gasteiger partial charge in [-0.25, -0.2) is 27.5 Å². The van der Waals surface area contributed by atoms with Gasteiger partial charge in [0.15, 0.2) is 7.14 Å². The minimum Gasteiger partial charge on any atom is -0.309 e. The van der Waals surface area contributed by atoms with Crippen LogP contribution in [0.5, 0.6) is 0 Å². The summed E-state index contributed by atoms with van der Waals surface area (Å²) in [6.45, 7) is 3.90. The molecule has 8 heteroatoms. The number of para-hydroxylation sites is 1. The molecule has 1 heterocycles. The fraction of sp³-hybridized carbons (Fsp3) is 0.0909. The van der Waals surface area contributed by atoms with Crippen LogP contribution in [0, 0.1) is 23.3 Å². The molecule has 0 atom stereocenters. The average Bonchev–Trinajstić information content (AvgIpc) is 2.94. The number of rotatable bonds is 5. The van der Waals surface area contributed by atoms with Gasteiger partial charge in [0.1, 0.15) is 29.1 Å². The van der Waals surface area contributed by atoms with Crippen LogP contribution in [0.4, 0.5) is 17.6 Å². The zero-order chi connectivity index (χ0) is 28.9. The van der Waals surface area contributed by atoms with Gasteiger partial charge in [0.2, 0.25) is 0 Å². The molecule has 5 aromatic carbocycles. The van der Waals surface area contributed by atoms with Crippen LogP contribution in [0.1, 0.15) is 25.6 Å². The fourth-order valence-corrected chi connectivity index (χ4v) is 8.08. The van der Waals surface area contributed by atoms with E-state index in [9.17, 15) is 17.6 Å². The number of fused-ring (bicyclic) bond motifs is 2. The van der Waals surface area contributed by atoms with Gasteiger partial charge < -0.3 is 4.57 Å². The van der Waals surface area contributed by atoms with Crippen LogP contribution in [0.2, 0.25) is 0 Å². The highest BCUT2D eigenvalue weighted by Crippen LogP contribution is 2.48. The molecular weight excluding hydrogens is 547 g/mol. The Morgan fingerprint density at radius 2 is 1.17 bits per heavy atom. The molecule has 0 unspecified atom stereocenters. The molecule has 0 radical (unpaired) electrons. The Morgan fingerprint density at radius 1 is 0.634 bits per heavy atom. The summed E-state index contributed by atoms with van der Waals surface area (Å²) in [5.74, 6) is -3.37. The van der Waals surface area contributed by atoms with Crippen molar-refractivity contribution in [2.24, 2.45) is 0 Å². The van der Waals surface area contributed by atoms with Gasteiger partial charge in [-0.2, -0.15) is 0 Å². The molecule has 1 aromatic heterocycles. The molecule has 0 aliphatic rings. The molecule has 6 rings (SSSR count). The van der Waals surface area contributed by atoms with Gasteiger partial charge in [-0.05, 0) is 47.2 Å². The second-order valence-electron chi connectivity index (χ2n) is 10.1. The summed E-state index contributed by atoms with van der Waals surface area (Å²) in [7, 11) is -4.33. The van der Waals surface area contributed by atoms with Gasteiger partial charge in [-0.3, -0.25) is 0 Å². The Bertz CT molecular complexity index is 1930. The monoisotopic (exact) mass is 570 g/mol. The highest BCUT2D eigenvalue weighted by atomic mass is 31.2. The molecule has 0 amide bonds. The topological polar surface area (TPSA) is 42.9 Å². The third-order valence-corrected chi connectivity index (χ3v) is 10.1. The maximum atomic E-state index is 15.5. The van der Waals surface area contributed by atoms with Crippen LogP contribution in [-0.4, -0.2) is 9.97 Å². The lowest BCUT2D eigenvalue weighted by Gasteiger charge is -2.25. The highest BCUT2D eigenvalue weighted by Gasteiger charge is 2.36. The number of halogens is 4.